The fraction of sp³-hybridized carbons (Fsp3) is 0.667. The lowest BCUT2D eigenvalue weighted by Crippen LogP contribution is -2.15. The van der Waals surface area contributed by atoms with Crippen LogP contribution in [0.3, 0.4) is 0 Å². The largest absolute Gasteiger partial charge is 0.0996 e. The van der Waals surface area contributed by atoms with Crippen molar-refractivity contribution in [3.63, 3.8) is 0 Å². The molecule has 0 nitrogen and oxygen atoms in total. The fourth-order valence-corrected chi connectivity index (χ4v) is 1.26. The topological polar surface area (TPSA) is 0 Å². The van der Waals surface area contributed by atoms with Gasteiger partial charge in [-0.05, 0) is 38.5 Å². The quantitative estimate of drug-likeness (QED) is 0.533. The van der Waals surface area contributed by atoms with Gasteiger partial charge in [0, 0.05) is 0 Å². The Morgan fingerprint density at radius 1 is 1.50 bits per heavy atom. The third kappa shape index (κ3) is 3.25. The van der Waals surface area contributed by atoms with Gasteiger partial charge < -0.3 is 0 Å². The van der Waals surface area contributed by atoms with Crippen molar-refractivity contribution < 1.29 is 0 Å². The summed E-state index contributed by atoms with van der Waals surface area (Å²) in [6, 6.07) is 0. The molecule has 1 unspecified atom stereocenters. The lowest BCUT2D eigenvalue weighted by molar-refractivity contribution is 0.355. The van der Waals surface area contributed by atoms with E-state index in [1.165, 1.54) is 24.8 Å². The van der Waals surface area contributed by atoms with Gasteiger partial charge in [0.15, 0.2) is 0 Å². The zero-order valence-electron chi connectivity index (χ0n) is 8.98. The molecule has 12 heavy (non-hydrogen) atoms. The zero-order valence-corrected chi connectivity index (χ0v) is 8.98. The molecule has 0 bridgehead atoms. The van der Waals surface area contributed by atoms with E-state index in [2.05, 4.69) is 46.4 Å². The number of hydrogen-bond donors (Lipinski definition) is 0. The van der Waals surface area contributed by atoms with Gasteiger partial charge in [0.1, 0.15) is 0 Å². The second kappa shape index (κ2) is 5.18. The van der Waals surface area contributed by atoms with E-state index < -0.39 is 0 Å². The fourth-order valence-electron chi connectivity index (χ4n) is 1.26. The van der Waals surface area contributed by atoms with Crippen molar-refractivity contribution >= 4 is 0 Å². The Balaban J connectivity index is 4.05. The summed E-state index contributed by atoms with van der Waals surface area (Å²) in [7, 11) is 0. The maximum atomic E-state index is 4.05. The van der Waals surface area contributed by atoms with E-state index in [1.807, 2.05) is 0 Å². The number of allylic oxidation sites excluding steroid dienone is 3. The summed E-state index contributed by atoms with van der Waals surface area (Å²) in [4.78, 5) is 0. The van der Waals surface area contributed by atoms with Crippen LogP contribution in [-0.2, 0) is 0 Å². The molecule has 0 spiro atoms. The number of hydrogen-bond acceptors (Lipinski definition) is 0. The zero-order chi connectivity index (χ0) is 9.61. The van der Waals surface area contributed by atoms with Gasteiger partial charge in [-0.25, -0.2) is 0 Å². The normalized spacial score (nSPS) is 16.3. The molecule has 0 aliphatic heterocycles. The highest BCUT2D eigenvalue weighted by atomic mass is 14.3. The van der Waals surface area contributed by atoms with E-state index in [-0.39, 0.29) is 0 Å². The van der Waals surface area contributed by atoms with Crippen LogP contribution in [0, 0.1) is 5.41 Å². The Hall–Kier alpha value is -0.520. The molecule has 70 valence electrons. The highest BCUT2D eigenvalue weighted by molar-refractivity contribution is 5.05. The Morgan fingerprint density at radius 2 is 2.08 bits per heavy atom. The van der Waals surface area contributed by atoms with Gasteiger partial charge in [-0.3, -0.25) is 0 Å². The summed E-state index contributed by atoms with van der Waals surface area (Å²) < 4.78 is 0. The van der Waals surface area contributed by atoms with Gasteiger partial charge in [-0.2, -0.15) is 0 Å². The Bertz CT molecular complexity index is 165. The first-order valence-corrected chi connectivity index (χ1v) is 4.84. The molecule has 0 N–H and O–H groups in total. The molecule has 0 saturated carbocycles. The Labute approximate surface area is 77.4 Å². The summed E-state index contributed by atoms with van der Waals surface area (Å²) in [5.74, 6) is 0. The summed E-state index contributed by atoms with van der Waals surface area (Å²) in [5, 5.41) is 0. The van der Waals surface area contributed by atoms with Crippen molar-refractivity contribution in [3.05, 3.63) is 24.3 Å². The molecular weight excluding hydrogens is 144 g/mol. The third-order valence-corrected chi connectivity index (χ3v) is 2.91. The SMILES string of the molecule is C=C(C)C(C)(CC)CCC=CC. The smallest absolute Gasteiger partial charge is 0.0121 e. The lowest BCUT2D eigenvalue weighted by atomic mass is 9.77. The van der Waals surface area contributed by atoms with Crippen LogP contribution in [0.25, 0.3) is 0 Å². The Kier molecular flexibility index (Phi) is 4.96. The van der Waals surface area contributed by atoms with Crippen molar-refractivity contribution in [1.29, 1.82) is 0 Å². The average Bonchev–Trinajstić information content (AvgIpc) is 2.04. The molecule has 0 rings (SSSR count). The van der Waals surface area contributed by atoms with Gasteiger partial charge >= 0.3 is 0 Å². The molecule has 0 aliphatic carbocycles. The first-order valence-electron chi connectivity index (χ1n) is 4.84. The highest BCUT2D eigenvalue weighted by Gasteiger charge is 2.21. The van der Waals surface area contributed by atoms with E-state index in [4.69, 9.17) is 0 Å². The maximum absolute atomic E-state index is 4.05. The van der Waals surface area contributed by atoms with Crippen LogP contribution < -0.4 is 0 Å². The van der Waals surface area contributed by atoms with E-state index in [0.717, 1.165) is 0 Å². The van der Waals surface area contributed by atoms with Crippen molar-refractivity contribution in [1.82, 2.24) is 0 Å². The molecule has 0 fully saturated rings. The van der Waals surface area contributed by atoms with Crippen LogP contribution in [0.5, 0.6) is 0 Å². The molecule has 0 aromatic rings. The highest BCUT2D eigenvalue weighted by Crippen LogP contribution is 2.34. The molecule has 0 heteroatoms. The number of rotatable bonds is 5. The van der Waals surface area contributed by atoms with Crippen molar-refractivity contribution in [2.24, 2.45) is 5.41 Å². The van der Waals surface area contributed by atoms with Gasteiger partial charge in [0.2, 0.25) is 0 Å². The van der Waals surface area contributed by atoms with Crippen LogP contribution in [0.15, 0.2) is 24.3 Å². The molecule has 0 amide bonds. The van der Waals surface area contributed by atoms with E-state index >= 15 is 0 Å². The van der Waals surface area contributed by atoms with Crippen molar-refractivity contribution in [2.45, 2.75) is 47.0 Å². The average molecular weight is 166 g/mol. The predicted molar refractivity (Wildman–Crippen MR) is 57.3 cm³/mol. The van der Waals surface area contributed by atoms with Crippen LogP contribution in [0.4, 0.5) is 0 Å². The van der Waals surface area contributed by atoms with Gasteiger partial charge in [-0.15, -0.1) is 0 Å². The van der Waals surface area contributed by atoms with Gasteiger partial charge in [0.05, 0.1) is 0 Å². The summed E-state index contributed by atoms with van der Waals surface area (Å²) in [6.45, 7) is 12.8. The first kappa shape index (κ1) is 11.5. The minimum absolute atomic E-state index is 0.347. The van der Waals surface area contributed by atoms with Crippen LogP contribution in [0.1, 0.15) is 47.0 Å². The second-order valence-electron chi connectivity index (χ2n) is 3.80. The molecule has 0 aliphatic rings. The molecule has 0 saturated heterocycles. The molecule has 0 radical (unpaired) electrons. The molecule has 0 aromatic carbocycles. The summed E-state index contributed by atoms with van der Waals surface area (Å²) in [6.07, 6.45) is 7.95. The van der Waals surface area contributed by atoms with Crippen molar-refractivity contribution in [2.75, 3.05) is 0 Å². The molecule has 1 atom stereocenters. The van der Waals surface area contributed by atoms with E-state index in [0.29, 0.717) is 5.41 Å². The third-order valence-electron chi connectivity index (χ3n) is 2.91. The maximum Gasteiger partial charge on any atom is -0.0121 e. The van der Waals surface area contributed by atoms with Crippen molar-refractivity contribution in [3.8, 4) is 0 Å². The second-order valence-corrected chi connectivity index (χ2v) is 3.80. The lowest BCUT2D eigenvalue weighted by Gasteiger charge is -2.28. The Morgan fingerprint density at radius 3 is 2.42 bits per heavy atom. The minimum Gasteiger partial charge on any atom is -0.0996 e. The molecule has 0 heterocycles. The van der Waals surface area contributed by atoms with Crippen LogP contribution in [-0.4, -0.2) is 0 Å². The van der Waals surface area contributed by atoms with Gasteiger partial charge in [0.25, 0.3) is 0 Å². The molecular formula is C12H22. The summed E-state index contributed by atoms with van der Waals surface area (Å²) >= 11 is 0. The van der Waals surface area contributed by atoms with E-state index in [1.54, 1.807) is 0 Å². The first-order chi connectivity index (χ1) is 5.56. The van der Waals surface area contributed by atoms with Crippen LogP contribution in [0.2, 0.25) is 0 Å². The monoisotopic (exact) mass is 166 g/mol. The molecule has 0 aromatic heterocycles. The summed E-state index contributed by atoms with van der Waals surface area (Å²) in [5.41, 5.74) is 1.66. The van der Waals surface area contributed by atoms with Gasteiger partial charge in [-0.1, -0.05) is 38.2 Å². The standard InChI is InChI=1S/C12H22/c1-6-8-9-10-12(5,7-2)11(3)4/h6,8H,3,7,9-10H2,1-2,4-5H3. The van der Waals surface area contributed by atoms with Crippen LogP contribution >= 0.6 is 0 Å². The minimum atomic E-state index is 0.347. The van der Waals surface area contributed by atoms with E-state index in [9.17, 15) is 0 Å². The predicted octanol–water partition coefficient (Wildman–Crippen LogP) is 4.34.